The van der Waals surface area contributed by atoms with Crippen molar-refractivity contribution in [3.63, 3.8) is 0 Å². The Morgan fingerprint density at radius 2 is 2.25 bits per heavy atom. The molecule has 1 aromatic rings. The predicted octanol–water partition coefficient (Wildman–Crippen LogP) is 0.494. The van der Waals surface area contributed by atoms with Gasteiger partial charge in [0, 0.05) is 11.1 Å². The molecule has 1 aromatic heterocycles. The molecule has 0 radical (unpaired) electrons. The summed E-state index contributed by atoms with van der Waals surface area (Å²) < 4.78 is 11.2. The minimum atomic E-state index is -1.47. The maximum atomic E-state index is 12.3. The third kappa shape index (κ3) is 5.10. The van der Waals surface area contributed by atoms with E-state index in [4.69, 9.17) is 20.7 Å². The van der Waals surface area contributed by atoms with Crippen LogP contribution in [0.15, 0.2) is 16.1 Å². The zero-order chi connectivity index (χ0) is 20.7. The number of aliphatic hydroxyl groups excluding tert-OH is 2. The van der Waals surface area contributed by atoms with Crippen molar-refractivity contribution in [2.24, 2.45) is 5.11 Å². The number of hydrogen-bond acceptors (Lipinski definition) is 9. The van der Waals surface area contributed by atoms with E-state index < -0.39 is 36.3 Å². The fourth-order valence-corrected chi connectivity index (χ4v) is 2.64. The molecule has 28 heavy (non-hydrogen) atoms. The van der Waals surface area contributed by atoms with Crippen LogP contribution in [0, 0.1) is 0 Å². The van der Waals surface area contributed by atoms with Gasteiger partial charge in [0.2, 0.25) is 0 Å². The number of azide groups is 1. The average Bonchev–Trinajstić information content (AvgIpc) is 2.94. The van der Waals surface area contributed by atoms with Gasteiger partial charge in [0.15, 0.2) is 12.0 Å². The summed E-state index contributed by atoms with van der Waals surface area (Å²) in [5, 5.41) is 25.7. The topological polar surface area (TPSA) is 198 Å². The number of nitrogen functional groups attached to an aromatic ring is 1. The van der Waals surface area contributed by atoms with E-state index in [1.54, 1.807) is 0 Å². The molecule has 4 atom stereocenters. The quantitative estimate of drug-likeness (QED) is 0.210. The number of aliphatic hydroxyl groups is 2. The maximum absolute atomic E-state index is 12.3. The number of carbonyl (C=O) groups is 1. The number of hydrogen-bond donors (Lipinski definition) is 4. The van der Waals surface area contributed by atoms with Crippen LogP contribution in [0.4, 0.5) is 16.3 Å². The number of nitrogens with one attached hydrogen (secondary N) is 1. The lowest BCUT2D eigenvalue weighted by molar-refractivity contribution is -0.0370. The van der Waals surface area contributed by atoms with Crippen molar-refractivity contribution in [2.75, 3.05) is 24.2 Å². The molecule has 0 saturated carbocycles. The lowest BCUT2D eigenvalue weighted by Crippen LogP contribution is -2.36. The molecule has 0 bridgehead atoms. The van der Waals surface area contributed by atoms with Gasteiger partial charge in [-0.15, -0.1) is 0 Å². The molecular weight excluding hydrogens is 374 g/mol. The van der Waals surface area contributed by atoms with Gasteiger partial charge in [0.1, 0.15) is 12.2 Å². The molecule has 1 unspecified atom stereocenters. The van der Waals surface area contributed by atoms with Crippen molar-refractivity contribution in [1.82, 2.24) is 9.55 Å². The largest absolute Gasteiger partial charge is 0.449 e. The Kier molecular flexibility index (Phi) is 7.58. The molecule has 154 valence electrons. The molecule has 1 saturated heterocycles. The van der Waals surface area contributed by atoms with E-state index >= 15 is 0 Å². The van der Waals surface area contributed by atoms with Gasteiger partial charge in [0.25, 0.3) is 0 Å². The number of carbonyl (C=O) groups excluding carboxylic acids is 1. The molecule has 1 aliphatic heterocycles. The Balaban J connectivity index is 2.10. The molecule has 1 amide bonds. The van der Waals surface area contributed by atoms with E-state index in [-0.39, 0.29) is 24.7 Å². The Morgan fingerprint density at radius 3 is 2.93 bits per heavy atom. The fourth-order valence-electron chi connectivity index (χ4n) is 2.64. The van der Waals surface area contributed by atoms with Crippen molar-refractivity contribution >= 4 is 17.6 Å². The summed E-state index contributed by atoms with van der Waals surface area (Å²) in [5.41, 5.74) is 13.2. The lowest BCUT2D eigenvalue weighted by Gasteiger charge is -2.18. The van der Waals surface area contributed by atoms with Crippen molar-refractivity contribution in [3.05, 3.63) is 27.1 Å². The number of aromatic nitrogens is 2. The van der Waals surface area contributed by atoms with Crippen LogP contribution < -0.4 is 16.7 Å². The first kappa shape index (κ1) is 21.4. The zero-order valence-corrected chi connectivity index (χ0v) is 15.3. The third-order valence-corrected chi connectivity index (χ3v) is 4.12. The first-order chi connectivity index (χ1) is 13.4. The van der Waals surface area contributed by atoms with Crippen molar-refractivity contribution < 1.29 is 24.5 Å². The average molecular weight is 397 g/mol. The molecular formula is C15H23N7O6. The summed E-state index contributed by atoms with van der Waals surface area (Å²) in [6.07, 6.45) is -2.20. The summed E-state index contributed by atoms with van der Waals surface area (Å²) >= 11 is 0. The van der Waals surface area contributed by atoms with Crippen LogP contribution in [0.25, 0.3) is 10.4 Å². The Morgan fingerprint density at radius 1 is 1.50 bits per heavy atom. The number of amides is 1. The molecule has 1 fully saturated rings. The first-order valence-corrected chi connectivity index (χ1v) is 8.74. The number of ether oxygens (including phenoxy) is 2. The van der Waals surface area contributed by atoms with Gasteiger partial charge in [-0.1, -0.05) is 24.9 Å². The van der Waals surface area contributed by atoms with Gasteiger partial charge in [0.05, 0.1) is 24.9 Å². The second-order valence-corrected chi connectivity index (χ2v) is 6.16. The second-order valence-electron chi connectivity index (χ2n) is 6.16. The van der Waals surface area contributed by atoms with Crippen LogP contribution in [-0.2, 0) is 9.47 Å². The first-order valence-electron chi connectivity index (χ1n) is 8.74. The van der Waals surface area contributed by atoms with Crippen LogP contribution in [-0.4, -0.2) is 57.3 Å². The monoisotopic (exact) mass is 397 g/mol. The van der Waals surface area contributed by atoms with Crippen LogP contribution >= 0.6 is 0 Å². The van der Waals surface area contributed by atoms with Gasteiger partial charge >= 0.3 is 11.8 Å². The van der Waals surface area contributed by atoms with Gasteiger partial charge in [-0.2, -0.15) is 4.98 Å². The van der Waals surface area contributed by atoms with Crippen molar-refractivity contribution in [1.29, 1.82) is 0 Å². The van der Waals surface area contributed by atoms with Crippen molar-refractivity contribution in [2.45, 2.75) is 50.7 Å². The summed E-state index contributed by atoms with van der Waals surface area (Å²) in [6, 6.07) is 0. The van der Waals surface area contributed by atoms with Crippen LogP contribution in [0.1, 0.15) is 32.4 Å². The molecule has 0 spiro atoms. The molecule has 2 rings (SSSR count). The van der Waals surface area contributed by atoms with E-state index in [0.717, 1.165) is 23.6 Å². The molecule has 5 N–H and O–H groups in total. The standard InChI is InChI=1S/C15H23N7O6/c1-2-3-4-5-27-15(26)20-12-8(16)7-22(14(25)19-12)13-11(24)10(23)9(28-13)6-18-21-17/h7,9-11,13,23-24H,2-6,16H2,1H3,(H,19,20,25,26)/t9?,10-,11-,13-/m1/s1. The molecule has 0 aromatic carbocycles. The molecule has 13 nitrogen and oxygen atoms in total. The number of nitrogens with zero attached hydrogens (tertiary/aromatic N) is 5. The molecule has 2 heterocycles. The lowest BCUT2D eigenvalue weighted by atomic mass is 10.1. The summed E-state index contributed by atoms with van der Waals surface area (Å²) in [5.74, 6) is -0.194. The van der Waals surface area contributed by atoms with E-state index in [1.807, 2.05) is 6.92 Å². The highest BCUT2D eigenvalue weighted by atomic mass is 16.6. The summed E-state index contributed by atoms with van der Waals surface area (Å²) in [4.78, 5) is 30.2. The summed E-state index contributed by atoms with van der Waals surface area (Å²) in [6.45, 7) is 2.01. The number of unbranched alkanes of at least 4 members (excludes halogenated alkanes) is 2. The highest BCUT2D eigenvalue weighted by Crippen LogP contribution is 2.29. The predicted molar refractivity (Wildman–Crippen MR) is 97.3 cm³/mol. The Hall–Kier alpha value is -2.86. The van der Waals surface area contributed by atoms with E-state index in [1.165, 1.54) is 0 Å². The smallest absolute Gasteiger partial charge is 0.412 e. The Bertz CT molecular complexity index is 794. The number of anilines is 2. The number of rotatable bonds is 8. The van der Waals surface area contributed by atoms with Crippen LogP contribution in [0.5, 0.6) is 0 Å². The molecule has 13 heteroatoms. The van der Waals surface area contributed by atoms with Crippen LogP contribution in [0.2, 0.25) is 0 Å². The van der Waals surface area contributed by atoms with E-state index in [9.17, 15) is 19.8 Å². The van der Waals surface area contributed by atoms with Gasteiger partial charge < -0.3 is 25.4 Å². The normalized spacial score (nSPS) is 23.8. The van der Waals surface area contributed by atoms with Crippen molar-refractivity contribution in [3.8, 4) is 0 Å². The van der Waals surface area contributed by atoms with E-state index in [0.29, 0.717) is 6.42 Å². The maximum Gasteiger partial charge on any atom is 0.412 e. The summed E-state index contributed by atoms with van der Waals surface area (Å²) in [7, 11) is 0. The third-order valence-electron chi connectivity index (χ3n) is 4.12. The minimum absolute atomic E-state index is 0.0751. The van der Waals surface area contributed by atoms with E-state index in [2.05, 4.69) is 20.3 Å². The van der Waals surface area contributed by atoms with Crippen LogP contribution in [0.3, 0.4) is 0 Å². The highest BCUT2D eigenvalue weighted by Gasteiger charge is 2.43. The molecule has 1 aliphatic rings. The highest BCUT2D eigenvalue weighted by molar-refractivity contribution is 5.86. The number of nitrogens with two attached hydrogens (primary N) is 1. The minimum Gasteiger partial charge on any atom is -0.449 e. The zero-order valence-electron chi connectivity index (χ0n) is 15.3. The SMILES string of the molecule is CCCCCOC(=O)Nc1nc(=O)n([C@@H]2OC(CN=[N+]=[N-])[C@@H](O)[C@H]2O)cc1N. The van der Waals surface area contributed by atoms with Gasteiger partial charge in [-0.25, -0.2) is 9.59 Å². The fraction of sp³-hybridized carbons (Fsp3) is 0.667. The second kappa shape index (κ2) is 9.90. The van der Waals surface area contributed by atoms with Gasteiger partial charge in [-0.3, -0.25) is 9.88 Å². The van der Waals surface area contributed by atoms with Gasteiger partial charge in [-0.05, 0) is 12.0 Å². The molecule has 0 aliphatic carbocycles. The Labute approximate surface area is 159 Å².